The Morgan fingerprint density at radius 1 is 0.941 bits per heavy atom. The molecule has 11 heteroatoms. The number of aliphatic carboxylic acids is 1. The molecule has 0 aliphatic rings. The van der Waals surface area contributed by atoms with Gasteiger partial charge in [0.15, 0.2) is 0 Å². The van der Waals surface area contributed by atoms with E-state index in [9.17, 15) is 24.3 Å². The van der Waals surface area contributed by atoms with Crippen molar-refractivity contribution in [3.63, 3.8) is 0 Å². The number of para-hydroxylation sites is 1. The van der Waals surface area contributed by atoms with E-state index in [1.54, 1.807) is 20.0 Å². The summed E-state index contributed by atoms with van der Waals surface area (Å²) in [6.07, 6.45) is 0.687. The Hall–Kier alpha value is -3.44. The van der Waals surface area contributed by atoms with E-state index in [0.717, 1.165) is 16.5 Å². The molecule has 0 saturated heterocycles. The van der Waals surface area contributed by atoms with Crippen LogP contribution in [0.1, 0.15) is 33.3 Å². The molecule has 1 heterocycles. The fraction of sp³-hybridized carbons (Fsp3) is 0.478. The van der Waals surface area contributed by atoms with Crippen molar-refractivity contribution in [1.82, 2.24) is 20.9 Å². The van der Waals surface area contributed by atoms with Gasteiger partial charge in [0, 0.05) is 17.1 Å². The molecular formula is C23H33N5O6. The van der Waals surface area contributed by atoms with Crippen molar-refractivity contribution in [2.24, 2.45) is 11.7 Å². The van der Waals surface area contributed by atoms with Crippen molar-refractivity contribution in [2.45, 2.75) is 64.4 Å². The standard InChI is InChI=1S/C23H33N5O6/c1-11(2)18(21(31)26-12(3)23(33)34)27-22(32)19(13(4)29)28-20(30)16(24)9-14-10-25-17-8-6-5-7-15(14)17/h5-8,10-13,16,18-19,25,29H,9,24H2,1-4H3,(H,26,31)(H,27,32)(H,28,30)(H,33,34). The molecule has 1 aromatic heterocycles. The maximum atomic E-state index is 12.8. The number of nitrogens with two attached hydrogens (primary N) is 1. The van der Waals surface area contributed by atoms with E-state index in [4.69, 9.17) is 10.8 Å². The molecule has 2 aromatic rings. The molecule has 5 atom stereocenters. The fourth-order valence-corrected chi connectivity index (χ4v) is 3.44. The molecule has 11 nitrogen and oxygen atoms in total. The Kier molecular flexibility index (Phi) is 9.16. The highest BCUT2D eigenvalue weighted by Gasteiger charge is 2.33. The number of H-pyrrole nitrogens is 1. The molecule has 34 heavy (non-hydrogen) atoms. The van der Waals surface area contributed by atoms with E-state index in [1.165, 1.54) is 13.8 Å². The molecule has 186 valence electrons. The number of hydrogen-bond acceptors (Lipinski definition) is 6. The summed E-state index contributed by atoms with van der Waals surface area (Å²) in [5.41, 5.74) is 7.81. The number of carbonyl (C=O) groups is 4. The first-order valence-electron chi connectivity index (χ1n) is 11.0. The summed E-state index contributed by atoms with van der Waals surface area (Å²) < 4.78 is 0. The summed E-state index contributed by atoms with van der Waals surface area (Å²) in [6.45, 7) is 5.96. The second-order valence-corrected chi connectivity index (χ2v) is 8.70. The van der Waals surface area contributed by atoms with Gasteiger partial charge in [0.25, 0.3) is 0 Å². The minimum atomic E-state index is -1.37. The van der Waals surface area contributed by atoms with Gasteiger partial charge in [-0.05, 0) is 37.8 Å². The van der Waals surface area contributed by atoms with Crippen LogP contribution in [0.15, 0.2) is 30.5 Å². The van der Waals surface area contributed by atoms with E-state index in [1.807, 2.05) is 24.3 Å². The van der Waals surface area contributed by atoms with Crippen LogP contribution in [-0.4, -0.2) is 69.2 Å². The number of benzene rings is 1. The van der Waals surface area contributed by atoms with Crippen molar-refractivity contribution in [1.29, 1.82) is 0 Å². The Balaban J connectivity index is 2.07. The summed E-state index contributed by atoms with van der Waals surface area (Å²) in [7, 11) is 0. The predicted molar refractivity (Wildman–Crippen MR) is 126 cm³/mol. The van der Waals surface area contributed by atoms with Crippen LogP contribution in [0.2, 0.25) is 0 Å². The van der Waals surface area contributed by atoms with E-state index >= 15 is 0 Å². The monoisotopic (exact) mass is 475 g/mol. The number of aliphatic hydroxyl groups excluding tert-OH is 1. The normalized spacial score (nSPS) is 15.7. The van der Waals surface area contributed by atoms with Crippen LogP contribution in [-0.2, 0) is 25.6 Å². The molecule has 3 amide bonds. The smallest absolute Gasteiger partial charge is 0.325 e. The molecule has 1 aromatic carbocycles. The lowest BCUT2D eigenvalue weighted by molar-refractivity contribution is -0.142. The summed E-state index contributed by atoms with van der Waals surface area (Å²) in [6, 6.07) is 2.97. The topological polar surface area (TPSA) is 187 Å². The van der Waals surface area contributed by atoms with Crippen molar-refractivity contribution in [3.05, 3.63) is 36.0 Å². The molecule has 2 rings (SSSR count). The molecule has 0 fully saturated rings. The molecule has 0 radical (unpaired) electrons. The van der Waals surface area contributed by atoms with Gasteiger partial charge >= 0.3 is 5.97 Å². The second kappa shape index (κ2) is 11.6. The zero-order chi connectivity index (χ0) is 25.6. The average molecular weight is 476 g/mol. The molecule has 5 unspecified atom stereocenters. The number of carboxylic acids is 1. The lowest BCUT2D eigenvalue weighted by atomic mass is 10.0. The highest BCUT2D eigenvalue weighted by Crippen LogP contribution is 2.18. The number of aromatic amines is 1. The molecule has 0 saturated carbocycles. The Morgan fingerprint density at radius 2 is 1.53 bits per heavy atom. The van der Waals surface area contributed by atoms with Crippen LogP contribution in [0.25, 0.3) is 10.9 Å². The van der Waals surface area contributed by atoms with Gasteiger partial charge in [-0.1, -0.05) is 32.0 Å². The van der Waals surface area contributed by atoms with Gasteiger partial charge in [0.1, 0.15) is 18.1 Å². The van der Waals surface area contributed by atoms with Crippen molar-refractivity contribution in [2.75, 3.05) is 0 Å². The third-order valence-electron chi connectivity index (χ3n) is 5.49. The number of aromatic nitrogens is 1. The number of fused-ring (bicyclic) bond motifs is 1. The number of carbonyl (C=O) groups excluding carboxylic acids is 3. The van der Waals surface area contributed by atoms with Gasteiger partial charge in [-0.2, -0.15) is 0 Å². The number of aliphatic hydroxyl groups is 1. The maximum Gasteiger partial charge on any atom is 0.325 e. The minimum Gasteiger partial charge on any atom is -0.480 e. The maximum absolute atomic E-state index is 12.8. The van der Waals surface area contributed by atoms with Gasteiger partial charge in [-0.25, -0.2) is 0 Å². The molecule has 0 aliphatic carbocycles. The van der Waals surface area contributed by atoms with Gasteiger partial charge in [-0.15, -0.1) is 0 Å². The van der Waals surface area contributed by atoms with Crippen molar-refractivity contribution in [3.8, 4) is 0 Å². The van der Waals surface area contributed by atoms with Crippen molar-refractivity contribution < 1.29 is 29.4 Å². The van der Waals surface area contributed by atoms with Crippen LogP contribution in [0.3, 0.4) is 0 Å². The Morgan fingerprint density at radius 3 is 2.12 bits per heavy atom. The van der Waals surface area contributed by atoms with E-state index in [0.29, 0.717) is 0 Å². The number of amides is 3. The summed E-state index contributed by atoms with van der Waals surface area (Å²) in [4.78, 5) is 52.2. The Bertz CT molecular complexity index is 1030. The third kappa shape index (κ3) is 6.78. The number of carboxylic acid groups (broad SMARTS) is 1. The van der Waals surface area contributed by atoms with Crippen LogP contribution in [0.5, 0.6) is 0 Å². The zero-order valence-electron chi connectivity index (χ0n) is 19.7. The van der Waals surface area contributed by atoms with E-state index in [-0.39, 0.29) is 12.3 Å². The van der Waals surface area contributed by atoms with Gasteiger partial charge < -0.3 is 36.9 Å². The van der Waals surface area contributed by atoms with E-state index < -0.39 is 54.0 Å². The first-order chi connectivity index (χ1) is 15.9. The highest BCUT2D eigenvalue weighted by atomic mass is 16.4. The minimum absolute atomic E-state index is 0.202. The van der Waals surface area contributed by atoms with Crippen LogP contribution in [0.4, 0.5) is 0 Å². The summed E-state index contributed by atoms with van der Waals surface area (Å²) in [5, 5.41) is 27.3. The third-order valence-corrected chi connectivity index (χ3v) is 5.49. The van der Waals surface area contributed by atoms with Crippen LogP contribution < -0.4 is 21.7 Å². The highest BCUT2D eigenvalue weighted by molar-refractivity contribution is 5.94. The first kappa shape index (κ1) is 26.8. The largest absolute Gasteiger partial charge is 0.480 e. The molecule has 0 aliphatic heterocycles. The predicted octanol–water partition coefficient (Wildman–Crippen LogP) is -0.367. The lowest BCUT2D eigenvalue weighted by Crippen LogP contribution is -2.60. The SMILES string of the molecule is CC(NC(=O)C(NC(=O)C(NC(=O)C(N)Cc1c[nH]c2ccccc12)C(C)O)C(C)C)C(=O)O. The average Bonchev–Trinajstić information content (AvgIpc) is 3.17. The number of nitrogens with one attached hydrogen (secondary N) is 4. The van der Waals surface area contributed by atoms with Gasteiger partial charge in [-0.3, -0.25) is 19.2 Å². The summed E-state index contributed by atoms with van der Waals surface area (Å²) in [5.74, 6) is -3.74. The number of hydrogen-bond donors (Lipinski definition) is 7. The summed E-state index contributed by atoms with van der Waals surface area (Å²) >= 11 is 0. The van der Waals surface area contributed by atoms with Crippen LogP contribution in [0, 0.1) is 5.92 Å². The quantitative estimate of drug-likeness (QED) is 0.231. The molecule has 0 spiro atoms. The molecule has 8 N–H and O–H groups in total. The van der Waals surface area contributed by atoms with Crippen LogP contribution >= 0.6 is 0 Å². The van der Waals surface area contributed by atoms with E-state index in [2.05, 4.69) is 20.9 Å². The molecule has 0 bridgehead atoms. The fourth-order valence-electron chi connectivity index (χ4n) is 3.44. The first-order valence-corrected chi connectivity index (χ1v) is 11.0. The van der Waals surface area contributed by atoms with Gasteiger partial charge in [0.2, 0.25) is 17.7 Å². The van der Waals surface area contributed by atoms with Crippen molar-refractivity contribution >= 4 is 34.6 Å². The Labute approximate surface area is 197 Å². The van der Waals surface area contributed by atoms with Gasteiger partial charge in [0.05, 0.1) is 12.1 Å². The molecular weight excluding hydrogens is 442 g/mol. The zero-order valence-corrected chi connectivity index (χ0v) is 19.7. The lowest BCUT2D eigenvalue weighted by Gasteiger charge is -2.27. The second-order valence-electron chi connectivity index (χ2n) is 8.70. The number of rotatable bonds is 11.